The van der Waals surface area contributed by atoms with Gasteiger partial charge >= 0.3 is 0 Å². The Kier molecular flexibility index (Phi) is 6.33. The number of rotatable bonds is 7. The molecule has 0 radical (unpaired) electrons. The molecule has 0 saturated carbocycles. The number of nitrogens with one attached hydrogen (secondary N) is 2. The first-order chi connectivity index (χ1) is 13.4. The minimum atomic E-state index is -3.93. The SMILES string of the molecule is O=C(CSc1ccccc1)Nc1ccc(S(=O)(=O)Nc2ccccc2F)cc1. The normalized spacial score (nSPS) is 11.0. The Morgan fingerprint density at radius 2 is 1.54 bits per heavy atom. The van der Waals surface area contributed by atoms with Crippen molar-refractivity contribution in [1.82, 2.24) is 0 Å². The fraction of sp³-hybridized carbons (Fsp3) is 0.0500. The molecule has 0 spiro atoms. The van der Waals surface area contributed by atoms with Crippen molar-refractivity contribution in [1.29, 1.82) is 0 Å². The molecular formula is C20H17FN2O3S2. The molecule has 8 heteroatoms. The third-order valence-corrected chi connectivity index (χ3v) is 6.07. The molecule has 3 aromatic carbocycles. The number of amides is 1. The molecule has 0 aliphatic rings. The highest BCUT2D eigenvalue weighted by molar-refractivity contribution is 8.00. The second-order valence-electron chi connectivity index (χ2n) is 5.76. The number of sulfonamides is 1. The fourth-order valence-electron chi connectivity index (χ4n) is 2.33. The molecule has 1 amide bonds. The number of thioether (sulfide) groups is 1. The summed E-state index contributed by atoms with van der Waals surface area (Å²) in [6.45, 7) is 0. The standard InChI is InChI=1S/C20H17FN2O3S2/c21-18-8-4-5-9-19(18)23-28(25,26)17-12-10-15(11-13-17)22-20(24)14-27-16-6-2-1-3-7-16/h1-13,23H,14H2,(H,22,24). The van der Waals surface area contributed by atoms with E-state index in [0.717, 1.165) is 4.90 Å². The smallest absolute Gasteiger partial charge is 0.261 e. The molecule has 3 rings (SSSR count). The molecule has 0 saturated heterocycles. The molecular weight excluding hydrogens is 399 g/mol. The zero-order chi connectivity index (χ0) is 20.0. The summed E-state index contributed by atoms with van der Waals surface area (Å²) in [7, 11) is -3.93. The lowest BCUT2D eigenvalue weighted by molar-refractivity contribution is -0.113. The van der Waals surface area contributed by atoms with Gasteiger partial charge in [-0.15, -0.1) is 11.8 Å². The van der Waals surface area contributed by atoms with Gasteiger partial charge < -0.3 is 5.32 Å². The molecule has 0 aliphatic heterocycles. The Labute approximate surface area is 167 Å². The summed E-state index contributed by atoms with van der Waals surface area (Å²) in [6, 6.07) is 20.7. The van der Waals surface area contributed by atoms with E-state index in [1.54, 1.807) is 0 Å². The van der Waals surface area contributed by atoms with Gasteiger partial charge in [-0.05, 0) is 48.5 Å². The molecule has 28 heavy (non-hydrogen) atoms. The van der Waals surface area contributed by atoms with Crippen LogP contribution in [0.4, 0.5) is 15.8 Å². The van der Waals surface area contributed by atoms with Crippen molar-refractivity contribution in [2.45, 2.75) is 9.79 Å². The van der Waals surface area contributed by atoms with Crippen molar-refractivity contribution in [2.75, 3.05) is 15.8 Å². The van der Waals surface area contributed by atoms with E-state index in [1.165, 1.54) is 60.3 Å². The summed E-state index contributed by atoms with van der Waals surface area (Å²) >= 11 is 1.40. The molecule has 0 unspecified atom stereocenters. The van der Waals surface area contributed by atoms with Crippen LogP contribution in [0, 0.1) is 5.82 Å². The topological polar surface area (TPSA) is 75.3 Å². The van der Waals surface area contributed by atoms with Gasteiger partial charge in [0.25, 0.3) is 10.0 Å². The summed E-state index contributed by atoms with van der Waals surface area (Å²) in [5.74, 6) is -0.626. The molecule has 2 N–H and O–H groups in total. The molecule has 3 aromatic rings. The maximum atomic E-state index is 13.7. The van der Waals surface area contributed by atoms with Crippen LogP contribution < -0.4 is 10.0 Å². The van der Waals surface area contributed by atoms with E-state index in [-0.39, 0.29) is 22.2 Å². The van der Waals surface area contributed by atoms with Crippen LogP contribution in [0.3, 0.4) is 0 Å². The van der Waals surface area contributed by atoms with Crippen LogP contribution in [0.5, 0.6) is 0 Å². The summed E-state index contributed by atoms with van der Waals surface area (Å²) in [5, 5.41) is 2.71. The Balaban J connectivity index is 1.61. The van der Waals surface area contributed by atoms with Crippen molar-refractivity contribution in [3.63, 3.8) is 0 Å². The molecule has 0 atom stereocenters. The van der Waals surface area contributed by atoms with Gasteiger partial charge in [0, 0.05) is 10.6 Å². The second kappa shape index (κ2) is 8.90. The van der Waals surface area contributed by atoms with Crippen LogP contribution in [0.2, 0.25) is 0 Å². The lowest BCUT2D eigenvalue weighted by atomic mass is 10.3. The monoisotopic (exact) mass is 416 g/mol. The Morgan fingerprint density at radius 3 is 2.21 bits per heavy atom. The highest BCUT2D eigenvalue weighted by atomic mass is 32.2. The van der Waals surface area contributed by atoms with Gasteiger partial charge in [0.1, 0.15) is 5.82 Å². The maximum Gasteiger partial charge on any atom is 0.261 e. The van der Waals surface area contributed by atoms with E-state index < -0.39 is 15.8 Å². The van der Waals surface area contributed by atoms with Crippen molar-refractivity contribution >= 4 is 39.1 Å². The first-order valence-corrected chi connectivity index (χ1v) is 10.8. The largest absolute Gasteiger partial charge is 0.325 e. The van der Waals surface area contributed by atoms with E-state index >= 15 is 0 Å². The second-order valence-corrected chi connectivity index (χ2v) is 8.49. The van der Waals surface area contributed by atoms with Gasteiger partial charge in [0.15, 0.2) is 0 Å². The van der Waals surface area contributed by atoms with Crippen molar-refractivity contribution in [3.8, 4) is 0 Å². The number of benzene rings is 3. The van der Waals surface area contributed by atoms with E-state index in [1.807, 2.05) is 30.3 Å². The first kappa shape index (κ1) is 19.9. The zero-order valence-corrected chi connectivity index (χ0v) is 16.3. The minimum absolute atomic E-state index is 0.0348. The Morgan fingerprint density at radius 1 is 0.893 bits per heavy atom. The van der Waals surface area contributed by atoms with E-state index in [0.29, 0.717) is 5.69 Å². The number of hydrogen-bond donors (Lipinski definition) is 2. The molecule has 144 valence electrons. The van der Waals surface area contributed by atoms with Crippen LogP contribution in [0.25, 0.3) is 0 Å². The first-order valence-electron chi connectivity index (χ1n) is 8.29. The van der Waals surface area contributed by atoms with Gasteiger partial charge in [-0.1, -0.05) is 30.3 Å². The van der Waals surface area contributed by atoms with Gasteiger partial charge in [-0.2, -0.15) is 0 Å². The zero-order valence-electron chi connectivity index (χ0n) is 14.6. The maximum absolute atomic E-state index is 13.7. The van der Waals surface area contributed by atoms with Crippen molar-refractivity contribution < 1.29 is 17.6 Å². The molecule has 0 heterocycles. The third-order valence-electron chi connectivity index (χ3n) is 3.68. The predicted molar refractivity (Wildman–Crippen MR) is 109 cm³/mol. The van der Waals surface area contributed by atoms with Gasteiger partial charge in [0.05, 0.1) is 16.3 Å². The fourth-order valence-corrected chi connectivity index (χ4v) is 4.11. The third kappa shape index (κ3) is 5.34. The summed E-state index contributed by atoms with van der Waals surface area (Å²) in [5.41, 5.74) is 0.348. The lowest BCUT2D eigenvalue weighted by Gasteiger charge is -2.10. The molecule has 0 fully saturated rings. The lowest BCUT2D eigenvalue weighted by Crippen LogP contribution is -2.15. The van der Waals surface area contributed by atoms with Gasteiger partial charge in [-0.3, -0.25) is 9.52 Å². The van der Waals surface area contributed by atoms with E-state index in [2.05, 4.69) is 10.0 Å². The van der Waals surface area contributed by atoms with Crippen LogP contribution >= 0.6 is 11.8 Å². The van der Waals surface area contributed by atoms with Crippen LogP contribution in [-0.2, 0) is 14.8 Å². The summed E-state index contributed by atoms with van der Waals surface area (Å²) < 4.78 is 40.6. The van der Waals surface area contributed by atoms with Gasteiger partial charge in [0.2, 0.25) is 5.91 Å². The Bertz CT molecular complexity index is 1060. The predicted octanol–water partition coefficient (Wildman–Crippen LogP) is 4.36. The van der Waals surface area contributed by atoms with Crippen molar-refractivity contribution in [3.05, 3.63) is 84.7 Å². The number of halogens is 1. The summed E-state index contributed by atoms with van der Waals surface area (Å²) in [6.07, 6.45) is 0. The number of carbonyl (C=O) groups is 1. The van der Waals surface area contributed by atoms with Crippen LogP contribution in [-0.4, -0.2) is 20.1 Å². The van der Waals surface area contributed by atoms with Crippen LogP contribution in [0.15, 0.2) is 88.7 Å². The number of hydrogen-bond acceptors (Lipinski definition) is 4. The molecule has 0 aliphatic carbocycles. The molecule has 0 aromatic heterocycles. The molecule has 0 bridgehead atoms. The average molecular weight is 416 g/mol. The number of carbonyl (C=O) groups excluding carboxylic acids is 1. The quantitative estimate of drug-likeness (QED) is 0.561. The van der Waals surface area contributed by atoms with E-state index in [4.69, 9.17) is 0 Å². The highest BCUT2D eigenvalue weighted by Gasteiger charge is 2.16. The van der Waals surface area contributed by atoms with E-state index in [9.17, 15) is 17.6 Å². The highest BCUT2D eigenvalue weighted by Crippen LogP contribution is 2.21. The number of anilines is 2. The average Bonchev–Trinajstić information content (AvgIpc) is 2.69. The summed E-state index contributed by atoms with van der Waals surface area (Å²) in [4.78, 5) is 13.0. The molecule has 5 nitrogen and oxygen atoms in total. The van der Waals surface area contributed by atoms with Crippen LogP contribution in [0.1, 0.15) is 0 Å². The van der Waals surface area contributed by atoms with Crippen molar-refractivity contribution in [2.24, 2.45) is 0 Å². The Hall–Kier alpha value is -2.84. The van der Waals surface area contributed by atoms with Gasteiger partial charge in [-0.25, -0.2) is 12.8 Å². The minimum Gasteiger partial charge on any atom is -0.325 e. The number of para-hydroxylation sites is 1.